The van der Waals surface area contributed by atoms with Crippen LogP contribution in [0.5, 0.6) is 0 Å². The molecular weight excluding hydrogens is 250 g/mol. The average Bonchev–Trinajstić information content (AvgIpc) is 2.40. The van der Waals surface area contributed by atoms with E-state index < -0.39 is 0 Å². The lowest BCUT2D eigenvalue weighted by molar-refractivity contribution is 0.0524. The second-order valence-electron chi connectivity index (χ2n) is 5.89. The van der Waals surface area contributed by atoms with Crippen LogP contribution < -0.4 is 5.32 Å². The largest absolute Gasteiger partial charge is 0.446 e. The molecule has 1 aliphatic carbocycles. The Balaban J connectivity index is 1.95. The fraction of sp³-hybridized carbons (Fsp3) is 0.588. The van der Waals surface area contributed by atoms with Crippen molar-refractivity contribution in [1.29, 1.82) is 0 Å². The van der Waals surface area contributed by atoms with Crippen LogP contribution in [0.1, 0.15) is 50.7 Å². The minimum Gasteiger partial charge on any atom is -0.446 e. The summed E-state index contributed by atoms with van der Waals surface area (Å²) in [7, 11) is 0. The van der Waals surface area contributed by atoms with E-state index in [4.69, 9.17) is 4.74 Å². The molecule has 2 rings (SSSR count). The van der Waals surface area contributed by atoms with E-state index >= 15 is 0 Å². The maximum atomic E-state index is 12.0. The number of hydrogen-bond donors (Lipinski definition) is 1. The average molecular weight is 275 g/mol. The molecule has 1 aliphatic rings. The van der Waals surface area contributed by atoms with E-state index in [9.17, 15) is 4.79 Å². The fourth-order valence-corrected chi connectivity index (χ4v) is 2.88. The molecule has 0 unspecified atom stereocenters. The van der Waals surface area contributed by atoms with E-state index in [0.29, 0.717) is 5.92 Å². The summed E-state index contributed by atoms with van der Waals surface area (Å²) in [5.41, 5.74) is 3.22. The van der Waals surface area contributed by atoms with Gasteiger partial charge < -0.3 is 4.74 Å². The zero-order valence-electron chi connectivity index (χ0n) is 12.7. The molecule has 1 aromatic rings. The van der Waals surface area contributed by atoms with E-state index in [1.165, 1.54) is 12.0 Å². The number of amides is 1. The summed E-state index contributed by atoms with van der Waals surface area (Å²) in [5.74, 6) is 0.471. The van der Waals surface area contributed by atoms with Gasteiger partial charge in [-0.05, 0) is 61.8 Å². The minimum atomic E-state index is -0.323. The molecule has 1 saturated carbocycles. The first-order chi connectivity index (χ1) is 9.58. The van der Waals surface area contributed by atoms with Crippen molar-refractivity contribution in [3.8, 4) is 0 Å². The number of anilines is 1. The molecule has 3 nitrogen and oxygen atoms in total. The second-order valence-corrected chi connectivity index (χ2v) is 5.89. The van der Waals surface area contributed by atoms with Crippen molar-refractivity contribution < 1.29 is 9.53 Å². The van der Waals surface area contributed by atoms with Crippen LogP contribution in [0.3, 0.4) is 0 Å². The number of rotatable bonds is 3. The summed E-state index contributed by atoms with van der Waals surface area (Å²) < 4.78 is 5.57. The van der Waals surface area contributed by atoms with Gasteiger partial charge in [-0.2, -0.15) is 0 Å². The molecule has 0 bridgehead atoms. The van der Waals surface area contributed by atoms with E-state index in [2.05, 4.69) is 25.2 Å². The zero-order valence-corrected chi connectivity index (χ0v) is 12.7. The van der Waals surface area contributed by atoms with Gasteiger partial charge in [0.1, 0.15) is 6.10 Å². The van der Waals surface area contributed by atoms with Gasteiger partial charge in [0.25, 0.3) is 0 Å². The van der Waals surface area contributed by atoms with Gasteiger partial charge in [-0.1, -0.05) is 26.3 Å². The molecule has 0 saturated heterocycles. The van der Waals surface area contributed by atoms with E-state index in [1.807, 2.05) is 19.1 Å². The molecule has 3 heteroatoms. The second kappa shape index (κ2) is 6.78. The Kier molecular flexibility index (Phi) is 5.05. The Morgan fingerprint density at radius 2 is 2.05 bits per heavy atom. The van der Waals surface area contributed by atoms with Crippen LogP contribution in [0.2, 0.25) is 0 Å². The third kappa shape index (κ3) is 3.99. The number of aryl methyl sites for hydroxylation is 2. The Hall–Kier alpha value is -1.51. The van der Waals surface area contributed by atoms with Crippen LogP contribution in [0.25, 0.3) is 0 Å². The summed E-state index contributed by atoms with van der Waals surface area (Å²) in [4.78, 5) is 12.0. The highest BCUT2D eigenvalue weighted by atomic mass is 16.6. The summed E-state index contributed by atoms with van der Waals surface area (Å²) >= 11 is 0. The quantitative estimate of drug-likeness (QED) is 0.869. The van der Waals surface area contributed by atoms with Gasteiger partial charge in [-0.3, -0.25) is 5.32 Å². The van der Waals surface area contributed by atoms with Gasteiger partial charge in [-0.15, -0.1) is 0 Å². The first-order valence-electron chi connectivity index (χ1n) is 7.66. The topological polar surface area (TPSA) is 38.3 Å². The Labute approximate surface area is 121 Å². The minimum absolute atomic E-state index is 0.0687. The number of benzene rings is 1. The summed E-state index contributed by atoms with van der Waals surface area (Å²) in [6.45, 7) is 6.32. The number of hydrogen-bond acceptors (Lipinski definition) is 2. The summed E-state index contributed by atoms with van der Waals surface area (Å²) in [5, 5.41) is 2.86. The molecule has 2 atom stereocenters. The Morgan fingerprint density at radius 1 is 1.30 bits per heavy atom. The SMILES string of the molecule is CCc1cc(C)cc(NC(=O)O[C@@H]2CCCC[C@H]2C)c1. The lowest BCUT2D eigenvalue weighted by Gasteiger charge is -2.28. The van der Waals surface area contributed by atoms with Gasteiger partial charge in [0.05, 0.1) is 0 Å². The predicted molar refractivity (Wildman–Crippen MR) is 82.1 cm³/mol. The van der Waals surface area contributed by atoms with Gasteiger partial charge in [0.2, 0.25) is 0 Å². The third-order valence-corrected chi connectivity index (χ3v) is 4.08. The molecule has 1 aromatic carbocycles. The van der Waals surface area contributed by atoms with Crippen molar-refractivity contribution in [3.05, 3.63) is 29.3 Å². The predicted octanol–water partition coefficient (Wildman–Crippen LogP) is 4.68. The standard InChI is InChI=1S/C17H25NO2/c1-4-14-9-12(2)10-15(11-14)18-17(19)20-16-8-6-5-7-13(16)3/h9-11,13,16H,4-8H2,1-3H3,(H,18,19)/t13-,16-/m1/s1. The van der Waals surface area contributed by atoms with Gasteiger partial charge >= 0.3 is 6.09 Å². The number of nitrogens with one attached hydrogen (secondary N) is 1. The maximum absolute atomic E-state index is 12.0. The van der Waals surface area contributed by atoms with Crippen molar-refractivity contribution in [3.63, 3.8) is 0 Å². The molecule has 110 valence electrons. The van der Waals surface area contributed by atoms with Crippen LogP contribution in [0.4, 0.5) is 10.5 Å². The Morgan fingerprint density at radius 3 is 2.75 bits per heavy atom. The normalized spacial score (nSPS) is 22.4. The van der Waals surface area contributed by atoms with E-state index in [1.54, 1.807) is 0 Å². The maximum Gasteiger partial charge on any atom is 0.411 e. The number of carbonyl (C=O) groups is 1. The molecule has 1 amide bonds. The van der Waals surface area contributed by atoms with Crippen molar-refractivity contribution in [2.75, 3.05) is 5.32 Å². The smallest absolute Gasteiger partial charge is 0.411 e. The highest BCUT2D eigenvalue weighted by molar-refractivity contribution is 5.85. The molecule has 1 N–H and O–H groups in total. The zero-order chi connectivity index (χ0) is 14.5. The number of ether oxygens (including phenoxy) is 1. The van der Waals surface area contributed by atoms with Gasteiger partial charge in [-0.25, -0.2) is 4.79 Å². The molecule has 1 fully saturated rings. The van der Waals surface area contributed by atoms with Crippen LogP contribution in [0, 0.1) is 12.8 Å². The highest BCUT2D eigenvalue weighted by Crippen LogP contribution is 2.26. The van der Waals surface area contributed by atoms with Crippen molar-refractivity contribution in [1.82, 2.24) is 0 Å². The van der Waals surface area contributed by atoms with Crippen molar-refractivity contribution >= 4 is 11.8 Å². The summed E-state index contributed by atoms with van der Waals surface area (Å²) in [6.07, 6.45) is 5.26. The first kappa shape index (κ1) is 14.9. The lowest BCUT2D eigenvalue weighted by Crippen LogP contribution is -2.30. The van der Waals surface area contributed by atoms with Crippen molar-refractivity contribution in [2.45, 2.75) is 59.0 Å². The molecule has 20 heavy (non-hydrogen) atoms. The highest BCUT2D eigenvalue weighted by Gasteiger charge is 2.24. The van der Waals surface area contributed by atoms with Crippen LogP contribution in [-0.2, 0) is 11.2 Å². The molecule has 0 aliphatic heterocycles. The molecule has 0 radical (unpaired) electrons. The van der Waals surface area contributed by atoms with Crippen LogP contribution in [0.15, 0.2) is 18.2 Å². The van der Waals surface area contributed by atoms with E-state index in [-0.39, 0.29) is 12.2 Å². The third-order valence-electron chi connectivity index (χ3n) is 4.08. The molecule has 0 spiro atoms. The van der Waals surface area contributed by atoms with Crippen molar-refractivity contribution in [2.24, 2.45) is 5.92 Å². The van der Waals surface area contributed by atoms with Crippen LogP contribution in [-0.4, -0.2) is 12.2 Å². The van der Waals surface area contributed by atoms with E-state index in [0.717, 1.165) is 36.9 Å². The molecule has 0 heterocycles. The number of carbonyl (C=O) groups excluding carboxylic acids is 1. The first-order valence-corrected chi connectivity index (χ1v) is 7.66. The fourth-order valence-electron chi connectivity index (χ4n) is 2.88. The monoisotopic (exact) mass is 275 g/mol. The molecule has 0 aromatic heterocycles. The van der Waals surface area contributed by atoms with Crippen LogP contribution >= 0.6 is 0 Å². The Bertz CT molecular complexity index is 470. The van der Waals surface area contributed by atoms with Gasteiger partial charge in [0, 0.05) is 5.69 Å². The lowest BCUT2D eigenvalue weighted by atomic mass is 9.88. The van der Waals surface area contributed by atoms with Gasteiger partial charge in [0.15, 0.2) is 0 Å². The molecular formula is C17H25NO2. The summed E-state index contributed by atoms with van der Waals surface area (Å²) in [6, 6.07) is 6.13.